The highest BCUT2D eigenvalue weighted by Gasteiger charge is 2.31. The van der Waals surface area contributed by atoms with Gasteiger partial charge in [-0.2, -0.15) is 0 Å². The molecule has 5 nitrogen and oxygen atoms in total. The average Bonchev–Trinajstić information content (AvgIpc) is 2.62. The van der Waals surface area contributed by atoms with Crippen molar-refractivity contribution in [2.24, 2.45) is 0 Å². The number of carbonyl (C=O) groups is 1. The van der Waals surface area contributed by atoms with Crippen LogP contribution in [0.15, 0.2) is 36.9 Å². The van der Waals surface area contributed by atoms with E-state index in [0.29, 0.717) is 33.0 Å². The molecule has 0 aromatic heterocycles. The van der Waals surface area contributed by atoms with Crippen molar-refractivity contribution in [3.63, 3.8) is 0 Å². The van der Waals surface area contributed by atoms with Crippen LogP contribution in [0.5, 0.6) is 0 Å². The molecule has 0 spiro atoms. The number of carbonyl (C=O) groups excluding carboxylic acids is 1. The molecule has 1 aromatic rings. The summed E-state index contributed by atoms with van der Waals surface area (Å²) in [5, 5.41) is 0. The molecule has 1 aliphatic rings. The number of hydrogen-bond donors (Lipinski definition) is 0. The van der Waals surface area contributed by atoms with Crippen LogP contribution < -0.4 is 0 Å². The van der Waals surface area contributed by atoms with Gasteiger partial charge in [0.05, 0.1) is 32.5 Å². The Bertz CT molecular complexity index is 540. The second-order valence-electron chi connectivity index (χ2n) is 5.88. The van der Waals surface area contributed by atoms with E-state index in [-0.39, 0.29) is 18.1 Å². The van der Waals surface area contributed by atoms with E-state index >= 15 is 0 Å². The lowest BCUT2D eigenvalue weighted by Gasteiger charge is -2.37. The topological polar surface area (TPSA) is 48.0 Å². The van der Waals surface area contributed by atoms with Crippen molar-refractivity contribution in [1.82, 2.24) is 4.90 Å². The molecule has 1 saturated heterocycles. The van der Waals surface area contributed by atoms with Crippen LogP contribution in [-0.4, -0.2) is 49.9 Å². The highest BCUT2D eigenvalue weighted by atomic mass is 16.6. The lowest BCUT2D eigenvalue weighted by atomic mass is 10.0. The van der Waals surface area contributed by atoms with Crippen molar-refractivity contribution in [2.75, 3.05) is 26.9 Å². The standard InChI is InChI=1S/C19H27NO4/c1-4-17(18-14-23-9-10-24-18)20(19(21)5-2)12-15-7-6-8-16(11-15)13-22-3/h5-8,11,17-18H,2,4,9-10,12-14H2,1,3H3. The van der Waals surface area contributed by atoms with E-state index in [1.54, 1.807) is 7.11 Å². The minimum absolute atomic E-state index is 0.0399. The Hall–Kier alpha value is -1.69. The van der Waals surface area contributed by atoms with Gasteiger partial charge in [0.2, 0.25) is 5.91 Å². The molecule has 132 valence electrons. The molecule has 2 unspecified atom stereocenters. The van der Waals surface area contributed by atoms with Crippen LogP contribution in [0.2, 0.25) is 0 Å². The lowest BCUT2D eigenvalue weighted by molar-refractivity contribution is -0.144. The third kappa shape index (κ3) is 4.90. The zero-order valence-corrected chi connectivity index (χ0v) is 14.6. The van der Waals surface area contributed by atoms with Crippen molar-refractivity contribution in [3.8, 4) is 0 Å². The first-order valence-corrected chi connectivity index (χ1v) is 8.38. The molecule has 2 rings (SSSR count). The van der Waals surface area contributed by atoms with Gasteiger partial charge in [0.15, 0.2) is 0 Å². The quantitative estimate of drug-likeness (QED) is 0.686. The monoisotopic (exact) mass is 333 g/mol. The number of hydrogen-bond acceptors (Lipinski definition) is 4. The summed E-state index contributed by atoms with van der Waals surface area (Å²) in [6, 6.07) is 8.05. The summed E-state index contributed by atoms with van der Waals surface area (Å²) in [5.74, 6) is -0.0897. The van der Waals surface area contributed by atoms with Gasteiger partial charge >= 0.3 is 0 Å². The molecular weight excluding hydrogens is 306 g/mol. The van der Waals surface area contributed by atoms with Crippen LogP contribution >= 0.6 is 0 Å². The average molecular weight is 333 g/mol. The van der Waals surface area contributed by atoms with Crippen molar-refractivity contribution < 1.29 is 19.0 Å². The number of ether oxygens (including phenoxy) is 3. The summed E-state index contributed by atoms with van der Waals surface area (Å²) < 4.78 is 16.5. The first-order valence-electron chi connectivity index (χ1n) is 8.38. The highest BCUT2D eigenvalue weighted by molar-refractivity contribution is 5.87. The largest absolute Gasteiger partial charge is 0.380 e. The predicted molar refractivity (Wildman–Crippen MR) is 92.5 cm³/mol. The maximum Gasteiger partial charge on any atom is 0.246 e. The number of methoxy groups -OCH3 is 1. The zero-order valence-electron chi connectivity index (χ0n) is 14.6. The summed E-state index contributed by atoms with van der Waals surface area (Å²) >= 11 is 0. The Morgan fingerprint density at radius 1 is 1.46 bits per heavy atom. The van der Waals surface area contributed by atoms with Gasteiger partial charge in [-0.1, -0.05) is 37.8 Å². The minimum atomic E-state index is -0.102. The van der Waals surface area contributed by atoms with E-state index in [1.807, 2.05) is 23.1 Å². The van der Waals surface area contributed by atoms with Gasteiger partial charge in [0.1, 0.15) is 6.10 Å². The second-order valence-corrected chi connectivity index (χ2v) is 5.88. The Balaban J connectivity index is 2.18. The molecule has 0 bridgehead atoms. The van der Waals surface area contributed by atoms with E-state index in [2.05, 4.69) is 19.6 Å². The van der Waals surface area contributed by atoms with E-state index in [1.165, 1.54) is 6.08 Å². The van der Waals surface area contributed by atoms with Crippen molar-refractivity contribution >= 4 is 5.91 Å². The van der Waals surface area contributed by atoms with Gasteiger partial charge < -0.3 is 19.1 Å². The van der Waals surface area contributed by atoms with Gasteiger partial charge in [0, 0.05) is 13.7 Å². The van der Waals surface area contributed by atoms with Gasteiger partial charge in [0.25, 0.3) is 0 Å². The molecule has 1 amide bonds. The van der Waals surface area contributed by atoms with Gasteiger partial charge in [-0.3, -0.25) is 4.79 Å². The van der Waals surface area contributed by atoms with Gasteiger partial charge in [-0.05, 0) is 23.6 Å². The van der Waals surface area contributed by atoms with Crippen LogP contribution in [0.1, 0.15) is 24.5 Å². The van der Waals surface area contributed by atoms with Crippen molar-refractivity contribution in [3.05, 3.63) is 48.0 Å². The van der Waals surface area contributed by atoms with Crippen LogP contribution in [0.25, 0.3) is 0 Å². The molecule has 1 aliphatic heterocycles. The first-order chi connectivity index (χ1) is 11.7. The lowest BCUT2D eigenvalue weighted by Crippen LogP contribution is -2.50. The third-order valence-electron chi connectivity index (χ3n) is 4.20. The Kier molecular flexibility index (Phi) is 7.43. The number of amides is 1. The molecule has 2 atom stereocenters. The SMILES string of the molecule is C=CC(=O)N(Cc1cccc(COC)c1)C(CC)C1COCCO1. The molecular formula is C19H27NO4. The Morgan fingerprint density at radius 3 is 2.88 bits per heavy atom. The van der Waals surface area contributed by atoms with Crippen molar-refractivity contribution in [2.45, 2.75) is 38.6 Å². The Morgan fingerprint density at radius 2 is 2.25 bits per heavy atom. The second kappa shape index (κ2) is 9.57. The summed E-state index contributed by atoms with van der Waals surface area (Å²) in [6.45, 7) is 8.48. The van der Waals surface area contributed by atoms with E-state index in [4.69, 9.17) is 14.2 Å². The van der Waals surface area contributed by atoms with Crippen LogP contribution in [0, 0.1) is 0 Å². The molecule has 0 saturated carbocycles. The zero-order chi connectivity index (χ0) is 17.4. The van der Waals surface area contributed by atoms with Crippen molar-refractivity contribution in [1.29, 1.82) is 0 Å². The maximum atomic E-state index is 12.5. The number of benzene rings is 1. The molecule has 0 radical (unpaired) electrons. The van der Waals surface area contributed by atoms with Gasteiger partial charge in [-0.25, -0.2) is 0 Å². The van der Waals surface area contributed by atoms with Crippen LogP contribution in [0.4, 0.5) is 0 Å². The highest BCUT2D eigenvalue weighted by Crippen LogP contribution is 2.20. The molecule has 0 aliphatic carbocycles. The summed E-state index contributed by atoms with van der Waals surface area (Å²) in [6.07, 6.45) is 2.06. The fraction of sp³-hybridized carbons (Fsp3) is 0.526. The smallest absolute Gasteiger partial charge is 0.246 e. The summed E-state index contributed by atoms with van der Waals surface area (Å²) in [7, 11) is 1.67. The van der Waals surface area contributed by atoms with Crippen LogP contribution in [0.3, 0.4) is 0 Å². The number of nitrogens with zero attached hydrogens (tertiary/aromatic N) is 1. The number of rotatable bonds is 8. The summed E-state index contributed by atoms with van der Waals surface area (Å²) in [4.78, 5) is 14.3. The molecule has 1 aromatic carbocycles. The summed E-state index contributed by atoms with van der Waals surface area (Å²) in [5.41, 5.74) is 2.15. The van der Waals surface area contributed by atoms with Gasteiger partial charge in [-0.15, -0.1) is 0 Å². The molecule has 24 heavy (non-hydrogen) atoms. The van der Waals surface area contributed by atoms with E-state index in [9.17, 15) is 4.79 Å². The molecule has 1 heterocycles. The minimum Gasteiger partial charge on any atom is -0.380 e. The fourth-order valence-corrected chi connectivity index (χ4v) is 3.07. The molecule has 5 heteroatoms. The van der Waals surface area contributed by atoms with Crippen LogP contribution in [-0.2, 0) is 32.2 Å². The van der Waals surface area contributed by atoms with E-state index in [0.717, 1.165) is 17.5 Å². The predicted octanol–water partition coefficient (Wildman–Crippen LogP) is 2.54. The maximum absolute atomic E-state index is 12.5. The Labute approximate surface area is 144 Å². The fourth-order valence-electron chi connectivity index (χ4n) is 3.07. The normalized spacial score (nSPS) is 18.8. The van der Waals surface area contributed by atoms with E-state index < -0.39 is 0 Å². The third-order valence-corrected chi connectivity index (χ3v) is 4.20. The first kappa shape index (κ1) is 18.6. The molecule has 0 N–H and O–H groups in total. The molecule has 1 fully saturated rings.